The Labute approximate surface area is 773 Å². The fourth-order valence-corrected chi connectivity index (χ4v) is 17.2. The summed E-state index contributed by atoms with van der Waals surface area (Å²) >= 11 is 5.79. The first-order valence-corrected chi connectivity index (χ1v) is 44.6. The zero-order valence-electron chi connectivity index (χ0n) is 70.5. The van der Waals surface area contributed by atoms with Crippen LogP contribution in [-0.2, 0) is 0 Å². The van der Waals surface area contributed by atoms with Crippen LogP contribution in [0.25, 0.3) is 152 Å². The van der Waals surface area contributed by atoms with Crippen LogP contribution in [0.1, 0.15) is 45.2 Å². The number of hydrogen-bond acceptors (Lipinski definition) is 29. The molecule has 0 atom stereocenters. The highest BCUT2D eigenvalue weighted by atomic mass is 32.1. The maximum atomic E-state index is 13.7. The van der Waals surface area contributed by atoms with Crippen molar-refractivity contribution in [2.45, 2.75) is 78.3 Å². The number of alkyl halides is 10. The molecule has 0 spiro atoms. The Kier molecular flexibility index (Phi) is 26.4. The van der Waals surface area contributed by atoms with Gasteiger partial charge in [-0.3, -0.25) is 24.2 Å². The molecule has 14 aromatic heterocycles. The Morgan fingerprint density at radius 1 is 0.331 bits per heavy atom. The third kappa shape index (κ3) is 20.1. The fraction of sp³-hybridized carbons (Fsp3) is 0.161. The number of aromatic nitrogens is 18. The van der Waals surface area contributed by atoms with Gasteiger partial charge in [0.25, 0.3) is 35.1 Å². The molecule has 1 saturated carbocycles. The maximum Gasteiger partial charge on any atom is 0.388 e. The summed E-state index contributed by atoms with van der Waals surface area (Å²) in [5.41, 5.74) is 16.9. The monoisotopic (exact) mass is 1930 g/mol. The fourth-order valence-electron chi connectivity index (χ4n) is 14.3. The smallest absolute Gasteiger partial charge is 0.388 e. The minimum absolute atomic E-state index is 0.00152. The van der Waals surface area contributed by atoms with E-state index >= 15 is 0 Å². The van der Waals surface area contributed by atoms with E-state index in [1.807, 2.05) is 69.3 Å². The lowest BCUT2D eigenvalue weighted by molar-refractivity contribution is -0.0530. The highest BCUT2D eigenvalue weighted by molar-refractivity contribution is 7.17. The molecule has 6 aromatic carbocycles. The molecule has 0 bridgehead atoms. The normalized spacial score (nSPS) is 12.1. The molecule has 14 heterocycles. The van der Waals surface area contributed by atoms with Crippen molar-refractivity contribution in [1.29, 1.82) is 0 Å². The third-order valence-corrected chi connectivity index (χ3v) is 23.6. The summed E-state index contributed by atoms with van der Waals surface area (Å²) in [4.78, 5) is 97.7. The van der Waals surface area contributed by atoms with E-state index in [2.05, 4.69) is 84.4 Å². The van der Waals surface area contributed by atoms with Gasteiger partial charge in [0.1, 0.15) is 55.6 Å². The molecule has 0 saturated heterocycles. The molecule has 686 valence electrons. The molecule has 43 heteroatoms. The van der Waals surface area contributed by atoms with Gasteiger partial charge in [-0.15, -0.1) is 45.3 Å². The molecule has 0 N–H and O–H groups in total. The highest BCUT2D eigenvalue weighted by Crippen LogP contribution is 2.41. The molecule has 0 unspecified atom stereocenters. The van der Waals surface area contributed by atoms with Crippen molar-refractivity contribution in [2.24, 2.45) is 0 Å². The summed E-state index contributed by atoms with van der Waals surface area (Å²) in [6.07, 6.45) is -0.393. The van der Waals surface area contributed by atoms with E-state index in [-0.39, 0.29) is 79.6 Å². The second-order valence-corrected chi connectivity index (χ2v) is 33.3. The Balaban J connectivity index is 0.000000121. The number of ether oxygens (including phenoxy) is 7. The quantitative estimate of drug-likeness (QED) is 0.0480. The van der Waals surface area contributed by atoms with Crippen LogP contribution in [0.4, 0.5) is 43.9 Å². The summed E-state index contributed by atoms with van der Waals surface area (Å²) in [6, 6.07) is 52.3. The molecule has 20 aromatic rings. The van der Waals surface area contributed by atoms with Gasteiger partial charge in [0, 0.05) is 65.5 Å². The van der Waals surface area contributed by atoms with Gasteiger partial charge in [-0.1, -0.05) is 30.3 Å². The van der Waals surface area contributed by atoms with E-state index in [0.717, 1.165) is 59.4 Å². The van der Waals surface area contributed by atoms with Gasteiger partial charge < -0.3 is 33.2 Å². The molecule has 1 aliphatic carbocycles. The van der Waals surface area contributed by atoms with E-state index < -0.39 is 68.1 Å². The van der Waals surface area contributed by atoms with Crippen LogP contribution in [0.3, 0.4) is 0 Å². The first kappa shape index (κ1) is 90.8. The first-order valence-electron chi connectivity index (χ1n) is 41.1. The zero-order valence-corrected chi connectivity index (χ0v) is 73.7. The molecule has 0 amide bonds. The Morgan fingerprint density at radius 2 is 0.640 bits per heavy atom. The number of fused-ring (bicyclic) bond motifs is 8. The van der Waals surface area contributed by atoms with Crippen molar-refractivity contribution in [3.63, 3.8) is 0 Å². The predicted octanol–water partition coefficient (Wildman–Crippen LogP) is 20.2. The van der Waals surface area contributed by atoms with Gasteiger partial charge in [-0.2, -0.15) is 65.5 Å². The topological polar surface area (TPSA) is 333 Å². The van der Waals surface area contributed by atoms with Gasteiger partial charge in [0.05, 0.1) is 121 Å². The zero-order chi connectivity index (χ0) is 94.5. The van der Waals surface area contributed by atoms with Gasteiger partial charge in [0.2, 0.25) is 29.4 Å². The number of halogens is 10. The Morgan fingerprint density at radius 3 is 0.949 bits per heavy atom. The van der Waals surface area contributed by atoms with Crippen LogP contribution in [0.2, 0.25) is 0 Å². The summed E-state index contributed by atoms with van der Waals surface area (Å²) in [6.45, 7) is -4.62. The molecule has 29 nitrogen and oxygen atoms in total. The summed E-state index contributed by atoms with van der Waals surface area (Å²) in [5, 5.41) is 18.0. The van der Waals surface area contributed by atoms with Crippen LogP contribution in [0, 0.1) is 0 Å². The van der Waals surface area contributed by atoms with Crippen molar-refractivity contribution < 1.29 is 77.1 Å². The van der Waals surface area contributed by atoms with Gasteiger partial charge in [0.15, 0.2) is 13.2 Å². The van der Waals surface area contributed by atoms with Crippen molar-refractivity contribution in [1.82, 2.24) is 89.0 Å². The molecule has 1 fully saturated rings. The SMILES string of the molecule is CC(C)Oc1ccc2nn(-c3ccc4ncsc4c3)c(=O)c(-c3ccc(OC(F)F)cc3)c2n1.CCOc1ccc2nn(-c3ccc4ncsc4c3)c(=O)c(-c3ccc(OC(F)F)cc3)c2n1.O=c1c(-c2ccc(C3CC3)nc2)c2nc(OCC(F)F)ccc2nn1-c1ccc2ncsc2c1.O=c1c(-c2ccc(OC(F)F)nc2)c2nc(OCC(F)F)ccc2nn1-c1ccc2ncsc2c1. The second-order valence-electron chi connectivity index (χ2n) is 29.8. The van der Waals surface area contributed by atoms with Crippen molar-refractivity contribution in [3.05, 3.63) is 276 Å². The standard InChI is InChI=1S/C24H17F2N5O2S.C24H18F2N4O3S.C23H16F2N4O3S.C22H13F4N5O3S/c25-20(26)11-33-21-8-7-18-23(29-21)22(14-3-5-16(27-10-14)13-1-2-13)24(32)31(30-18)15-4-6-17-19(9-15)34-12-28-17;1-13(2)32-20-10-9-18-22(28-20)21(14-3-6-16(7-4-14)33-24(25)26)23(31)30(29-18)15-5-8-17-19(11-15)34-12-27-17;1-2-31-19-10-9-17-21(27-19)20(13-3-6-15(7-4-13)32-23(24)25)22(30)29(28-17)14-5-8-16-18(11-14)33-12-26-16;23-16(24)9-33-18-6-4-14-20(29-18)19(11-1-5-17(27-8-11)34-22(25)26)21(32)31(30-14)12-2-3-13-15(7-12)35-10-28-13/h3-10,12-13,20H,1-2,11H2;3-13,24H,1-2H3;3-12,23H,2H2,1H3;1-8,10,16,22H,9H2. The van der Waals surface area contributed by atoms with E-state index in [1.54, 1.807) is 119 Å². The maximum absolute atomic E-state index is 13.7. The second kappa shape index (κ2) is 39.6. The van der Waals surface area contributed by atoms with Crippen LogP contribution in [-0.4, -0.2) is 148 Å². The van der Waals surface area contributed by atoms with Crippen LogP contribution in [0.15, 0.2) is 248 Å². The van der Waals surface area contributed by atoms with E-state index in [9.17, 15) is 63.1 Å². The lowest BCUT2D eigenvalue weighted by atomic mass is 10.1. The largest absolute Gasteiger partial charge is 0.478 e. The summed E-state index contributed by atoms with van der Waals surface area (Å²) in [7, 11) is 0. The predicted molar refractivity (Wildman–Crippen MR) is 492 cm³/mol. The molecule has 21 rings (SSSR count). The lowest BCUT2D eigenvalue weighted by Crippen LogP contribution is -2.23. The lowest BCUT2D eigenvalue weighted by Gasteiger charge is -2.13. The molecule has 0 radical (unpaired) electrons. The number of hydrogen-bond donors (Lipinski definition) is 0. The molecular formula is C93H64F10N18O11S4. The van der Waals surface area contributed by atoms with E-state index in [4.69, 9.17) is 18.9 Å². The minimum atomic E-state index is -3.06. The number of nitrogens with zero attached hydrogens (tertiary/aromatic N) is 18. The van der Waals surface area contributed by atoms with Crippen LogP contribution >= 0.6 is 45.3 Å². The average Bonchev–Trinajstić information content (AvgIpc) is 1.21. The molecule has 136 heavy (non-hydrogen) atoms. The molecular weight excluding hydrogens is 1860 g/mol. The van der Waals surface area contributed by atoms with E-state index in [0.29, 0.717) is 91.3 Å². The number of pyridine rings is 6. The first-order chi connectivity index (χ1) is 65.9. The number of rotatable bonds is 25. The molecule has 1 aliphatic rings. The third-order valence-electron chi connectivity index (χ3n) is 20.4. The summed E-state index contributed by atoms with van der Waals surface area (Å²) in [5.74, 6) is 0.693. The van der Waals surface area contributed by atoms with Crippen molar-refractivity contribution in [3.8, 4) is 108 Å². The van der Waals surface area contributed by atoms with Crippen molar-refractivity contribution >= 4 is 130 Å². The minimum Gasteiger partial charge on any atom is -0.478 e. The van der Waals surface area contributed by atoms with Crippen LogP contribution < -0.4 is 55.4 Å². The van der Waals surface area contributed by atoms with Crippen LogP contribution in [0.5, 0.6) is 40.9 Å². The summed E-state index contributed by atoms with van der Waals surface area (Å²) < 4.78 is 169. The van der Waals surface area contributed by atoms with Gasteiger partial charge in [-0.05, 0) is 178 Å². The Bertz CT molecular complexity index is 8010. The van der Waals surface area contributed by atoms with E-state index in [1.165, 1.54) is 125 Å². The van der Waals surface area contributed by atoms with Crippen molar-refractivity contribution in [2.75, 3.05) is 19.8 Å². The number of benzene rings is 6. The van der Waals surface area contributed by atoms with Gasteiger partial charge in [-0.25, -0.2) is 62.4 Å². The van der Waals surface area contributed by atoms with Gasteiger partial charge >= 0.3 is 19.8 Å². The average molecular weight is 1930 g/mol. The Hall–Kier alpha value is -15.8. The number of thiazole rings is 4. The molecule has 0 aliphatic heterocycles. The highest BCUT2D eigenvalue weighted by Gasteiger charge is 2.28.